The molecule has 4 rings (SSSR count). The van der Waals surface area contributed by atoms with Crippen molar-refractivity contribution in [3.05, 3.63) is 55.3 Å². The van der Waals surface area contributed by atoms with Gasteiger partial charge in [-0.25, -0.2) is 4.79 Å². The molecule has 2 aliphatic rings. The van der Waals surface area contributed by atoms with Crippen LogP contribution in [0.2, 0.25) is 0 Å². The summed E-state index contributed by atoms with van der Waals surface area (Å²) in [6.45, 7) is 4.94. The molecule has 2 aromatic heterocycles. The average Bonchev–Trinajstić information content (AvgIpc) is 3.09. The Morgan fingerprint density at radius 1 is 1.36 bits per heavy atom. The summed E-state index contributed by atoms with van der Waals surface area (Å²) in [6, 6.07) is 3.96. The van der Waals surface area contributed by atoms with Crippen LogP contribution >= 0.6 is 11.3 Å². The summed E-state index contributed by atoms with van der Waals surface area (Å²) in [5, 5.41) is 5.37. The zero-order valence-electron chi connectivity index (χ0n) is 14.3. The van der Waals surface area contributed by atoms with Crippen LogP contribution in [0.3, 0.4) is 0 Å². The van der Waals surface area contributed by atoms with Crippen LogP contribution in [0.4, 0.5) is 0 Å². The van der Waals surface area contributed by atoms with Gasteiger partial charge in [0.15, 0.2) is 0 Å². The highest BCUT2D eigenvalue weighted by molar-refractivity contribution is 7.10. The molecular weight excluding hydrogens is 336 g/mol. The lowest BCUT2D eigenvalue weighted by Gasteiger charge is -2.27. The van der Waals surface area contributed by atoms with Gasteiger partial charge in [-0.05, 0) is 67.9 Å². The highest BCUT2D eigenvalue weighted by Crippen LogP contribution is 2.27. The molecule has 6 heteroatoms. The van der Waals surface area contributed by atoms with Gasteiger partial charge in [-0.3, -0.25) is 4.79 Å². The molecule has 2 aliphatic heterocycles. The summed E-state index contributed by atoms with van der Waals surface area (Å²) in [4.78, 5) is 28.6. The molecule has 1 saturated heterocycles. The zero-order valence-corrected chi connectivity index (χ0v) is 15.2. The van der Waals surface area contributed by atoms with Gasteiger partial charge in [0.25, 0.3) is 5.91 Å². The van der Waals surface area contributed by atoms with Gasteiger partial charge in [0.05, 0.1) is 0 Å². The van der Waals surface area contributed by atoms with Gasteiger partial charge in [-0.15, -0.1) is 11.3 Å². The number of carbonyl (C=O) groups is 1. The van der Waals surface area contributed by atoms with Crippen molar-refractivity contribution in [2.45, 2.75) is 38.6 Å². The number of thiophene rings is 1. The van der Waals surface area contributed by atoms with Gasteiger partial charge in [0, 0.05) is 23.9 Å². The maximum absolute atomic E-state index is 12.9. The second-order valence-electron chi connectivity index (χ2n) is 6.86. The topological polar surface area (TPSA) is 62.6 Å². The van der Waals surface area contributed by atoms with Crippen LogP contribution in [0.5, 0.6) is 0 Å². The summed E-state index contributed by atoms with van der Waals surface area (Å²) in [5.41, 5.74) is 1.62. The first-order valence-corrected chi connectivity index (χ1v) is 9.71. The van der Waals surface area contributed by atoms with Crippen molar-refractivity contribution in [2.24, 2.45) is 0 Å². The lowest BCUT2D eigenvalue weighted by Crippen LogP contribution is -2.38. The van der Waals surface area contributed by atoms with E-state index < -0.39 is 5.63 Å². The molecule has 1 N–H and O–H groups in total. The smallest absolute Gasteiger partial charge is 0.349 e. The number of nitrogens with one attached hydrogen (secondary N) is 1. The zero-order chi connectivity index (χ0) is 17.4. The van der Waals surface area contributed by atoms with Crippen LogP contribution in [0.1, 0.15) is 50.9 Å². The molecule has 0 bridgehead atoms. The van der Waals surface area contributed by atoms with Gasteiger partial charge in [-0.2, -0.15) is 0 Å². The maximum Gasteiger partial charge on any atom is 0.349 e. The Labute approximate surface area is 150 Å². The Kier molecular flexibility index (Phi) is 4.48. The van der Waals surface area contributed by atoms with Crippen LogP contribution in [-0.4, -0.2) is 30.4 Å². The van der Waals surface area contributed by atoms with Gasteiger partial charge in [0.2, 0.25) is 0 Å². The fourth-order valence-electron chi connectivity index (χ4n) is 3.78. The van der Waals surface area contributed by atoms with E-state index in [-0.39, 0.29) is 17.4 Å². The number of hydrogen-bond donors (Lipinski definition) is 1. The van der Waals surface area contributed by atoms with E-state index >= 15 is 0 Å². The van der Waals surface area contributed by atoms with E-state index in [1.165, 1.54) is 10.4 Å². The van der Waals surface area contributed by atoms with Crippen molar-refractivity contribution in [3.63, 3.8) is 0 Å². The number of nitrogens with zero attached hydrogens (tertiary/aromatic N) is 1. The SMILES string of the molecule is Cc1cc(C2CCNCC2)oc(=O)c1C(=O)N1CCc2sccc2C1. The average molecular weight is 358 g/mol. The van der Waals surface area contributed by atoms with Crippen LogP contribution < -0.4 is 10.9 Å². The Morgan fingerprint density at radius 2 is 2.16 bits per heavy atom. The van der Waals surface area contributed by atoms with Crippen molar-refractivity contribution in [1.29, 1.82) is 0 Å². The normalized spacial score (nSPS) is 18.2. The molecule has 1 fully saturated rings. The van der Waals surface area contributed by atoms with Crippen molar-refractivity contribution < 1.29 is 9.21 Å². The third-order valence-corrected chi connectivity index (χ3v) is 6.24. The van der Waals surface area contributed by atoms with Crippen LogP contribution in [0, 0.1) is 6.92 Å². The minimum atomic E-state index is -0.491. The number of fused-ring (bicyclic) bond motifs is 1. The standard InChI is InChI=1S/C19H22N2O3S/c1-12-10-15(13-2-6-20-7-3-13)24-19(23)17(12)18(22)21-8-4-16-14(11-21)5-9-25-16/h5,9-10,13,20H,2-4,6-8,11H2,1H3. The number of aryl methyl sites for hydroxylation is 1. The van der Waals surface area contributed by atoms with Crippen molar-refractivity contribution in [1.82, 2.24) is 10.2 Å². The third-order valence-electron chi connectivity index (χ3n) is 5.22. The molecule has 0 unspecified atom stereocenters. The van der Waals surface area contributed by atoms with Gasteiger partial charge >= 0.3 is 5.63 Å². The first-order valence-electron chi connectivity index (χ1n) is 8.83. The third kappa shape index (κ3) is 3.16. The molecule has 4 heterocycles. The molecular formula is C19H22N2O3S. The fourth-order valence-corrected chi connectivity index (χ4v) is 4.67. The van der Waals surface area contributed by atoms with Gasteiger partial charge in [-0.1, -0.05) is 0 Å². The number of piperidine rings is 1. The molecule has 0 aliphatic carbocycles. The van der Waals surface area contributed by atoms with E-state index in [0.717, 1.165) is 43.7 Å². The molecule has 1 amide bonds. The Morgan fingerprint density at radius 3 is 2.92 bits per heavy atom. The Bertz CT molecular complexity index is 849. The summed E-state index contributed by atoms with van der Waals surface area (Å²) in [5.74, 6) is 0.777. The number of hydrogen-bond acceptors (Lipinski definition) is 5. The van der Waals surface area contributed by atoms with Crippen molar-refractivity contribution in [2.75, 3.05) is 19.6 Å². The predicted octanol–water partition coefficient (Wildman–Crippen LogP) is 2.68. The van der Waals surface area contributed by atoms with Crippen molar-refractivity contribution >= 4 is 17.2 Å². The maximum atomic E-state index is 12.9. The molecule has 0 aromatic carbocycles. The minimum Gasteiger partial charge on any atom is -0.427 e. The molecule has 2 aromatic rings. The second-order valence-corrected chi connectivity index (χ2v) is 7.86. The van der Waals surface area contributed by atoms with E-state index in [1.807, 2.05) is 13.0 Å². The number of rotatable bonds is 2. The Hall–Kier alpha value is -1.92. The van der Waals surface area contributed by atoms with E-state index in [1.54, 1.807) is 16.2 Å². The Balaban J connectivity index is 1.60. The predicted molar refractivity (Wildman–Crippen MR) is 97.3 cm³/mol. The number of carbonyl (C=O) groups excluding carboxylic acids is 1. The van der Waals surface area contributed by atoms with E-state index in [4.69, 9.17) is 4.42 Å². The van der Waals surface area contributed by atoms with E-state index in [2.05, 4.69) is 16.8 Å². The largest absolute Gasteiger partial charge is 0.427 e. The van der Waals surface area contributed by atoms with E-state index in [0.29, 0.717) is 13.1 Å². The van der Waals surface area contributed by atoms with Gasteiger partial charge < -0.3 is 14.6 Å². The highest BCUT2D eigenvalue weighted by atomic mass is 32.1. The summed E-state index contributed by atoms with van der Waals surface area (Å²) in [6.07, 6.45) is 2.78. The number of amides is 1. The second kappa shape index (κ2) is 6.77. The molecule has 132 valence electrons. The lowest BCUT2D eigenvalue weighted by atomic mass is 9.94. The summed E-state index contributed by atoms with van der Waals surface area (Å²) < 4.78 is 5.57. The first-order chi connectivity index (χ1) is 12.1. The van der Waals surface area contributed by atoms with Crippen LogP contribution in [-0.2, 0) is 13.0 Å². The summed E-state index contributed by atoms with van der Waals surface area (Å²) in [7, 11) is 0. The minimum absolute atomic E-state index is 0.191. The first kappa shape index (κ1) is 16.5. The summed E-state index contributed by atoms with van der Waals surface area (Å²) >= 11 is 1.74. The highest BCUT2D eigenvalue weighted by Gasteiger charge is 2.28. The molecule has 0 spiro atoms. The molecule has 0 radical (unpaired) electrons. The monoisotopic (exact) mass is 358 g/mol. The fraction of sp³-hybridized carbons (Fsp3) is 0.474. The quantitative estimate of drug-likeness (QED) is 0.897. The lowest BCUT2D eigenvalue weighted by molar-refractivity contribution is 0.0729. The van der Waals surface area contributed by atoms with E-state index in [9.17, 15) is 9.59 Å². The molecule has 5 nitrogen and oxygen atoms in total. The van der Waals surface area contributed by atoms with Crippen LogP contribution in [0.15, 0.2) is 26.7 Å². The molecule has 0 atom stereocenters. The van der Waals surface area contributed by atoms with Crippen LogP contribution in [0.25, 0.3) is 0 Å². The van der Waals surface area contributed by atoms with Gasteiger partial charge in [0.1, 0.15) is 11.3 Å². The molecule has 0 saturated carbocycles. The molecule has 25 heavy (non-hydrogen) atoms. The van der Waals surface area contributed by atoms with Crippen molar-refractivity contribution in [3.8, 4) is 0 Å².